The highest BCUT2D eigenvalue weighted by Crippen LogP contribution is 2.25. The maximum Gasteiger partial charge on any atom is 0.243 e. The van der Waals surface area contributed by atoms with Crippen LogP contribution in [0.3, 0.4) is 0 Å². The summed E-state index contributed by atoms with van der Waals surface area (Å²) in [6.07, 6.45) is 0. The molecule has 0 aliphatic rings. The van der Waals surface area contributed by atoms with Crippen molar-refractivity contribution in [2.45, 2.75) is 33.4 Å². The van der Waals surface area contributed by atoms with Crippen molar-refractivity contribution in [3.05, 3.63) is 65.2 Å². The molecule has 0 bridgehead atoms. The molecule has 0 radical (unpaired) electrons. The van der Waals surface area contributed by atoms with Crippen LogP contribution in [0.15, 0.2) is 54.6 Å². The van der Waals surface area contributed by atoms with Crippen molar-refractivity contribution in [3.63, 3.8) is 0 Å². The maximum absolute atomic E-state index is 12.9. The van der Waals surface area contributed by atoms with Crippen molar-refractivity contribution >= 4 is 29.1 Å². The first-order valence-electron chi connectivity index (χ1n) is 8.26. The predicted molar refractivity (Wildman–Crippen MR) is 102 cm³/mol. The Morgan fingerprint density at radius 3 is 2.16 bits per heavy atom. The molecule has 0 heterocycles. The summed E-state index contributed by atoms with van der Waals surface area (Å²) in [4.78, 5) is 28.1. The van der Waals surface area contributed by atoms with E-state index in [0.29, 0.717) is 17.3 Å². The summed E-state index contributed by atoms with van der Waals surface area (Å²) >= 11 is 6.20. The number of rotatable bonds is 6. The Kier molecular flexibility index (Phi) is 6.59. The van der Waals surface area contributed by atoms with Gasteiger partial charge in [0.2, 0.25) is 11.8 Å². The van der Waals surface area contributed by atoms with Crippen LogP contribution >= 0.6 is 11.6 Å². The van der Waals surface area contributed by atoms with Crippen LogP contribution in [0.2, 0.25) is 5.02 Å². The van der Waals surface area contributed by atoms with Gasteiger partial charge in [-0.05, 0) is 31.5 Å². The van der Waals surface area contributed by atoms with Crippen molar-refractivity contribution in [1.82, 2.24) is 4.90 Å². The minimum Gasteiger partial charge on any atom is -0.334 e. The number of halogens is 1. The Morgan fingerprint density at radius 1 is 1.00 bits per heavy atom. The zero-order valence-electron chi connectivity index (χ0n) is 14.8. The molecular formula is C20H23ClN2O2. The summed E-state index contributed by atoms with van der Waals surface area (Å²) in [7, 11) is 0. The zero-order chi connectivity index (χ0) is 18.4. The van der Waals surface area contributed by atoms with Crippen LogP contribution in [0.25, 0.3) is 0 Å². The summed E-state index contributed by atoms with van der Waals surface area (Å²) in [5, 5.41) is 0.449. The second kappa shape index (κ2) is 8.67. The van der Waals surface area contributed by atoms with Crippen LogP contribution in [-0.4, -0.2) is 29.3 Å². The monoisotopic (exact) mass is 358 g/mol. The topological polar surface area (TPSA) is 40.6 Å². The number of anilines is 1. The average Bonchev–Trinajstić information content (AvgIpc) is 2.58. The lowest BCUT2D eigenvalue weighted by molar-refractivity contribution is -0.133. The Labute approximate surface area is 154 Å². The van der Waals surface area contributed by atoms with E-state index in [2.05, 4.69) is 0 Å². The minimum absolute atomic E-state index is 0.0211. The fourth-order valence-corrected chi connectivity index (χ4v) is 2.84. The van der Waals surface area contributed by atoms with Gasteiger partial charge in [-0.1, -0.05) is 54.1 Å². The number of hydrogen-bond acceptors (Lipinski definition) is 2. The second-order valence-corrected chi connectivity index (χ2v) is 6.56. The number of carbonyl (C=O) groups is 2. The molecule has 0 atom stereocenters. The second-order valence-electron chi connectivity index (χ2n) is 6.16. The number of carbonyl (C=O) groups excluding carboxylic acids is 2. The summed E-state index contributed by atoms with van der Waals surface area (Å²) in [6, 6.07) is 16.9. The number of hydrogen-bond donors (Lipinski definition) is 0. The molecule has 0 N–H and O–H groups in total. The number of amides is 2. The fourth-order valence-electron chi connectivity index (χ4n) is 2.60. The number of nitrogens with zero attached hydrogens (tertiary/aromatic N) is 2. The van der Waals surface area contributed by atoms with E-state index in [4.69, 9.17) is 11.6 Å². The summed E-state index contributed by atoms with van der Waals surface area (Å²) in [6.45, 7) is 5.84. The molecular weight excluding hydrogens is 336 g/mol. The Balaban J connectivity index is 2.20. The first-order valence-corrected chi connectivity index (χ1v) is 8.64. The third-order valence-electron chi connectivity index (χ3n) is 3.96. The highest BCUT2D eigenvalue weighted by atomic mass is 35.5. The fraction of sp³-hybridized carbons (Fsp3) is 0.300. The zero-order valence-corrected chi connectivity index (χ0v) is 15.5. The first-order chi connectivity index (χ1) is 11.9. The van der Waals surface area contributed by atoms with E-state index in [1.807, 2.05) is 44.2 Å². The normalized spacial score (nSPS) is 10.6. The van der Waals surface area contributed by atoms with Crippen LogP contribution in [0.1, 0.15) is 26.3 Å². The molecule has 0 spiro atoms. The summed E-state index contributed by atoms with van der Waals surface area (Å²) < 4.78 is 0. The molecule has 0 unspecified atom stereocenters. The van der Waals surface area contributed by atoms with Crippen LogP contribution in [0.4, 0.5) is 5.69 Å². The van der Waals surface area contributed by atoms with E-state index in [1.54, 1.807) is 29.2 Å². The lowest BCUT2D eigenvalue weighted by Gasteiger charge is -2.30. The van der Waals surface area contributed by atoms with Crippen LogP contribution in [-0.2, 0) is 16.1 Å². The molecule has 2 amide bonds. The van der Waals surface area contributed by atoms with Crippen LogP contribution in [0.5, 0.6) is 0 Å². The van der Waals surface area contributed by atoms with E-state index >= 15 is 0 Å². The predicted octanol–water partition coefficient (Wildman–Crippen LogP) is 4.13. The molecule has 0 saturated heterocycles. The standard InChI is InChI=1S/C20H23ClN2O2/c1-15(2)22(13-17-9-5-4-6-10-17)20(25)14-23(16(3)24)19-12-8-7-11-18(19)21/h4-12,15H,13-14H2,1-3H3. The molecule has 0 saturated carbocycles. The van der Waals surface area contributed by atoms with Crippen molar-refractivity contribution < 1.29 is 9.59 Å². The van der Waals surface area contributed by atoms with Gasteiger partial charge in [0, 0.05) is 19.5 Å². The third kappa shape index (κ3) is 5.07. The third-order valence-corrected chi connectivity index (χ3v) is 4.28. The molecule has 0 fully saturated rings. The number of para-hydroxylation sites is 1. The lowest BCUT2D eigenvalue weighted by Crippen LogP contribution is -2.44. The Bertz CT molecular complexity index is 731. The summed E-state index contributed by atoms with van der Waals surface area (Å²) in [5.74, 6) is -0.334. The van der Waals surface area contributed by atoms with Gasteiger partial charge in [-0.3, -0.25) is 9.59 Å². The van der Waals surface area contributed by atoms with Crippen molar-refractivity contribution in [3.8, 4) is 0 Å². The van der Waals surface area contributed by atoms with E-state index < -0.39 is 0 Å². The van der Waals surface area contributed by atoms with Gasteiger partial charge in [0.05, 0.1) is 10.7 Å². The van der Waals surface area contributed by atoms with E-state index in [1.165, 1.54) is 11.8 Å². The van der Waals surface area contributed by atoms with Gasteiger partial charge >= 0.3 is 0 Å². The lowest BCUT2D eigenvalue weighted by atomic mass is 10.2. The molecule has 2 aromatic carbocycles. The molecule has 0 aliphatic carbocycles. The van der Waals surface area contributed by atoms with Crippen molar-refractivity contribution in [2.24, 2.45) is 0 Å². The maximum atomic E-state index is 12.9. The minimum atomic E-state index is -0.218. The van der Waals surface area contributed by atoms with E-state index in [0.717, 1.165) is 5.56 Å². The average molecular weight is 359 g/mol. The van der Waals surface area contributed by atoms with Gasteiger partial charge in [0.15, 0.2) is 0 Å². The van der Waals surface area contributed by atoms with Crippen LogP contribution < -0.4 is 4.90 Å². The van der Waals surface area contributed by atoms with Gasteiger partial charge < -0.3 is 9.80 Å². The Hall–Kier alpha value is -2.33. The molecule has 2 rings (SSSR count). The van der Waals surface area contributed by atoms with Gasteiger partial charge in [0.1, 0.15) is 6.54 Å². The largest absolute Gasteiger partial charge is 0.334 e. The smallest absolute Gasteiger partial charge is 0.243 e. The SMILES string of the molecule is CC(=O)N(CC(=O)N(Cc1ccccc1)C(C)C)c1ccccc1Cl. The Morgan fingerprint density at radius 2 is 1.60 bits per heavy atom. The molecule has 0 aliphatic heterocycles. The molecule has 25 heavy (non-hydrogen) atoms. The first kappa shape index (κ1) is 19.0. The number of benzene rings is 2. The molecule has 0 aromatic heterocycles. The quantitative estimate of drug-likeness (QED) is 0.779. The van der Waals surface area contributed by atoms with E-state index in [9.17, 15) is 9.59 Å². The highest BCUT2D eigenvalue weighted by molar-refractivity contribution is 6.33. The van der Waals surface area contributed by atoms with Crippen molar-refractivity contribution in [1.29, 1.82) is 0 Å². The highest BCUT2D eigenvalue weighted by Gasteiger charge is 2.23. The van der Waals surface area contributed by atoms with Crippen LogP contribution in [0, 0.1) is 0 Å². The molecule has 5 heteroatoms. The van der Waals surface area contributed by atoms with Crippen molar-refractivity contribution in [2.75, 3.05) is 11.4 Å². The summed E-state index contributed by atoms with van der Waals surface area (Å²) in [5.41, 5.74) is 1.60. The van der Waals surface area contributed by atoms with Gasteiger partial charge in [-0.2, -0.15) is 0 Å². The molecule has 2 aromatic rings. The van der Waals surface area contributed by atoms with Gasteiger partial charge in [-0.25, -0.2) is 0 Å². The van der Waals surface area contributed by atoms with E-state index in [-0.39, 0.29) is 24.4 Å². The molecule has 132 valence electrons. The van der Waals surface area contributed by atoms with Gasteiger partial charge in [0.25, 0.3) is 0 Å². The van der Waals surface area contributed by atoms with Gasteiger partial charge in [-0.15, -0.1) is 0 Å². The molecule has 4 nitrogen and oxygen atoms in total.